The molecule has 0 aliphatic carbocycles. The van der Waals surface area contributed by atoms with Crippen molar-refractivity contribution in [2.75, 3.05) is 25.0 Å². The number of halogens is 1. The number of anilines is 1. The molecule has 1 aliphatic heterocycles. The molecule has 1 amide bonds. The molecule has 9 heteroatoms. The highest BCUT2D eigenvalue weighted by Crippen LogP contribution is 2.30. The number of terminal acetylenes is 1. The third-order valence-electron chi connectivity index (χ3n) is 4.33. The maximum Gasteiger partial charge on any atom is 0.411 e. The number of para-hydroxylation sites is 1. The van der Waals surface area contributed by atoms with E-state index < -0.39 is 12.2 Å². The largest absolute Gasteiger partial charge is 0.487 e. The Labute approximate surface area is 171 Å². The number of fused-ring (bicyclic) bond motifs is 1. The van der Waals surface area contributed by atoms with Gasteiger partial charge in [-0.2, -0.15) is 0 Å². The Hall–Kier alpha value is -3.44. The Bertz CT molecular complexity index is 1060. The quantitative estimate of drug-likeness (QED) is 0.470. The average molecular weight is 413 g/mol. The van der Waals surface area contributed by atoms with Crippen molar-refractivity contribution < 1.29 is 18.7 Å². The first-order valence-corrected chi connectivity index (χ1v) is 9.26. The molecule has 3 aromatic rings. The van der Waals surface area contributed by atoms with Gasteiger partial charge in [0, 0.05) is 5.39 Å². The number of rotatable bonds is 7. The fourth-order valence-electron chi connectivity index (χ4n) is 3.02. The van der Waals surface area contributed by atoms with Gasteiger partial charge >= 0.3 is 6.09 Å². The molecule has 0 radical (unpaired) electrons. The van der Waals surface area contributed by atoms with E-state index in [2.05, 4.69) is 21.2 Å². The minimum atomic E-state index is -0.441. The molecule has 148 valence electrons. The lowest BCUT2D eigenvalue weighted by Gasteiger charge is -2.14. The molecular formula is C20H17ClN4O4. The fraction of sp³-hybridized carbons (Fsp3) is 0.250. The van der Waals surface area contributed by atoms with Crippen LogP contribution < -0.4 is 10.1 Å². The number of carbonyl (C=O) groups is 1. The third-order valence-corrected chi connectivity index (χ3v) is 4.50. The number of amides is 1. The van der Waals surface area contributed by atoms with Crippen LogP contribution in [0.5, 0.6) is 5.75 Å². The Kier molecular flexibility index (Phi) is 5.40. The van der Waals surface area contributed by atoms with Crippen molar-refractivity contribution in [2.24, 2.45) is 0 Å². The van der Waals surface area contributed by atoms with Crippen LogP contribution in [-0.4, -0.2) is 46.8 Å². The second kappa shape index (κ2) is 8.29. The topological polar surface area (TPSA) is 89.7 Å². The summed E-state index contributed by atoms with van der Waals surface area (Å²) >= 11 is 6.12. The van der Waals surface area contributed by atoms with Crippen molar-refractivity contribution in [3.05, 3.63) is 47.6 Å². The smallest absolute Gasteiger partial charge is 0.411 e. The van der Waals surface area contributed by atoms with E-state index in [0.29, 0.717) is 30.2 Å². The lowest BCUT2D eigenvalue weighted by Crippen LogP contribution is -2.27. The number of hydrogen-bond acceptors (Lipinski definition) is 7. The molecule has 1 atom stereocenters. The minimum Gasteiger partial charge on any atom is -0.487 e. The monoisotopic (exact) mass is 412 g/mol. The Balaban J connectivity index is 1.51. The Morgan fingerprint density at radius 3 is 3.03 bits per heavy atom. The summed E-state index contributed by atoms with van der Waals surface area (Å²) in [5, 5.41) is 4.03. The zero-order valence-electron chi connectivity index (χ0n) is 15.3. The maximum absolute atomic E-state index is 11.8. The van der Waals surface area contributed by atoms with Gasteiger partial charge in [-0.15, -0.1) is 6.42 Å². The van der Waals surface area contributed by atoms with Crippen molar-refractivity contribution in [3.8, 4) is 18.1 Å². The molecule has 4 rings (SSSR count). The molecule has 1 fully saturated rings. The van der Waals surface area contributed by atoms with Gasteiger partial charge < -0.3 is 19.2 Å². The molecule has 8 nitrogen and oxygen atoms in total. The van der Waals surface area contributed by atoms with Crippen LogP contribution in [0.25, 0.3) is 10.9 Å². The number of ether oxygens (including phenoxy) is 2. The van der Waals surface area contributed by atoms with Crippen molar-refractivity contribution in [3.63, 3.8) is 0 Å². The second-order valence-corrected chi connectivity index (χ2v) is 6.67. The molecule has 0 bridgehead atoms. The summed E-state index contributed by atoms with van der Waals surface area (Å²) in [5.74, 6) is 4.27. The van der Waals surface area contributed by atoms with Gasteiger partial charge in [0.15, 0.2) is 6.10 Å². The van der Waals surface area contributed by atoms with E-state index >= 15 is 0 Å². The van der Waals surface area contributed by atoms with Gasteiger partial charge in [0.2, 0.25) is 5.28 Å². The molecule has 1 N–H and O–H groups in total. The Morgan fingerprint density at radius 1 is 1.34 bits per heavy atom. The van der Waals surface area contributed by atoms with E-state index in [1.54, 1.807) is 12.3 Å². The SMILES string of the molecule is C#CCN1CC(COc2cccc3c(NCc4ccco4)nc(Cl)nc23)OC1=O. The first-order chi connectivity index (χ1) is 14.1. The first-order valence-electron chi connectivity index (χ1n) is 8.88. The molecule has 0 spiro atoms. The molecular weight excluding hydrogens is 396 g/mol. The molecule has 1 unspecified atom stereocenters. The minimum absolute atomic E-state index is 0.0861. The van der Waals surface area contributed by atoms with Gasteiger partial charge in [0.05, 0.1) is 25.9 Å². The van der Waals surface area contributed by atoms with Crippen LogP contribution in [0, 0.1) is 12.3 Å². The summed E-state index contributed by atoms with van der Waals surface area (Å²) in [4.78, 5) is 21.8. The van der Waals surface area contributed by atoms with E-state index in [-0.39, 0.29) is 18.4 Å². The summed E-state index contributed by atoms with van der Waals surface area (Å²) in [5.41, 5.74) is 0.555. The number of nitrogens with zero attached hydrogens (tertiary/aromatic N) is 3. The zero-order valence-corrected chi connectivity index (χ0v) is 16.1. The second-order valence-electron chi connectivity index (χ2n) is 6.33. The van der Waals surface area contributed by atoms with Crippen LogP contribution in [0.4, 0.5) is 10.6 Å². The highest BCUT2D eigenvalue weighted by atomic mass is 35.5. The number of aromatic nitrogens is 2. The zero-order chi connectivity index (χ0) is 20.2. The van der Waals surface area contributed by atoms with E-state index in [1.165, 1.54) is 4.90 Å². The van der Waals surface area contributed by atoms with Crippen molar-refractivity contribution in [2.45, 2.75) is 12.6 Å². The summed E-state index contributed by atoms with van der Waals surface area (Å²) in [6.07, 6.45) is 6.01. The van der Waals surface area contributed by atoms with Crippen LogP contribution in [0.2, 0.25) is 5.28 Å². The fourth-order valence-corrected chi connectivity index (χ4v) is 3.19. The van der Waals surface area contributed by atoms with Gasteiger partial charge in [-0.05, 0) is 35.9 Å². The van der Waals surface area contributed by atoms with Crippen LogP contribution in [-0.2, 0) is 11.3 Å². The average Bonchev–Trinajstić information content (AvgIpc) is 3.35. The van der Waals surface area contributed by atoms with Gasteiger partial charge in [-0.1, -0.05) is 12.0 Å². The van der Waals surface area contributed by atoms with E-state index in [4.69, 9.17) is 31.9 Å². The van der Waals surface area contributed by atoms with Crippen LogP contribution >= 0.6 is 11.6 Å². The number of cyclic esters (lactones) is 1. The maximum atomic E-state index is 11.8. The number of furan rings is 1. The van der Waals surface area contributed by atoms with Crippen LogP contribution in [0.3, 0.4) is 0 Å². The van der Waals surface area contributed by atoms with E-state index in [0.717, 1.165) is 11.1 Å². The number of benzene rings is 1. The summed E-state index contributed by atoms with van der Waals surface area (Å²) in [7, 11) is 0. The predicted octanol–water partition coefficient (Wildman–Crippen LogP) is 3.32. The molecule has 3 heterocycles. The van der Waals surface area contributed by atoms with Crippen LogP contribution in [0.15, 0.2) is 41.0 Å². The molecule has 2 aromatic heterocycles. The van der Waals surface area contributed by atoms with Crippen molar-refractivity contribution in [1.82, 2.24) is 14.9 Å². The molecule has 1 aliphatic rings. The summed E-state index contributed by atoms with van der Waals surface area (Å²) in [6.45, 7) is 1.20. The predicted molar refractivity (Wildman–Crippen MR) is 107 cm³/mol. The van der Waals surface area contributed by atoms with Gasteiger partial charge in [0.1, 0.15) is 29.5 Å². The van der Waals surface area contributed by atoms with Gasteiger partial charge in [-0.25, -0.2) is 14.8 Å². The molecule has 0 saturated carbocycles. The number of hydrogen-bond donors (Lipinski definition) is 1. The van der Waals surface area contributed by atoms with Gasteiger partial charge in [-0.3, -0.25) is 4.90 Å². The van der Waals surface area contributed by atoms with Gasteiger partial charge in [0.25, 0.3) is 0 Å². The standard InChI is InChI=1S/C20H17ClN4O4/c1-2-8-25-11-14(29-20(25)26)12-28-16-7-3-6-15-17(16)23-19(21)24-18(15)22-10-13-5-4-9-27-13/h1,3-7,9,14H,8,10-12H2,(H,22,23,24). The molecule has 1 saturated heterocycles. The highest BCUT2D eigenvalue weighted by molar-refractivity contribution is 6.29. The van der Waals surface area contributed by atoms with Crippen molar-refractivity contribution >= 4 is 34.4 Å². The van der Waals surface area contributed by atoms with E-state index in [1.807, 2.05) is 24.3 Å². The lowest BCUT2D eigenvalue weighted by molar-refractivity contribution is 0.103. The number of carbonyl (C=O) groups excluding carboxylic acids is 1. The number of nitrogens with one attached hydrogen (secondary N) is 1. The third kappa shape index (κ3) is 4.20. The Morgan fingerprint density at radius 2 is 2.24 bits per heavy atom. The first kappa shape index (κ1) is 18.9. The highest BCUT2D eigenvalue weighted by Gasteiger charge is 2.31. The normalized spacial score (nSPS) is 15.9. The molecule has 1 aromatic carbocycles. The summed E-state index contributed by atoms with van der Waals surface area (Å²) in [6, 6.07) is 9.15. The summed E-state index contributed by atoms with van der Waals surface area (Å²) < 4.78 is 16.5. The molecule has 29 heavy (non-hydrogen) atoms. The lowest BCUT2D eigenvalue weighted by atomic mass is 10.2. The van der Waals surface area contributed by atoms with Crippen LogP contribution in [0.1, 0.15) is 5.76 Å². The van der Waals surface area contributed by atoms with E-state index in [9.17, 15) is 4.79 Å². The van der Waals surface area contributed by atoms with Crippen molar-refractivity contribution in [1.29, 1.82) is 0 Å².